The van der Waals surface area contributed by atoms with Crippen LogP contribution in [-0.4, -0.2) is 9.78 Å². The highest BCUT2D eigenvalue weighted by molar-refractivity contribution is 6.33. The van der Waals surface area contributed by atoms with E-state index >= 15 is 0 Å². The zero-order chi connectivity index (χ0) is 13.3. The van der Waals surface area contributed by atoms with Gasteiger partial charge in [0.2, 0.25) is 0 Å². The Morgan fingerprint density at radius 2 is 2.11 bits per heavy atom. The van der Waals surface area contributed by atoms with E-state index in [4.69, 9.17) is 17.3 Å². The summed E-state index contributed by atoms with van der Waals surface area (Å²) in [6.07, 6.45) is 0. The third-order valence-electron chi connectivity index (χ3n) is 3.15. The molecule has 96 valence electrons. The number of anilines is 2. The van der Waals surface area contributed by atoms with E-state index in [0.717, 1.165) is 17.1 Å². The van der Waals surface area contributed by atoms with Gasteiger partial charge in [-0.2, -0.15) is 5.10 Å². The predicted molar refractivity (Wildman–Crippen MR) is 75.9 cm³/mol. The minimum Gasteiger partial charge on any atom is -0.397 e. The maximum atomic E-state index is 6.12. The molecule has 0 saturated carbocycles. The van der Waals surface area contributed by atoms with Crippen LogP contribution < -0.4 is 11.1 Å². The van der Waals surface area contributed by atoms with Crippen LogP contribution in [0.3, 0.4) is 0 Å². The van der Waals surface area contributed by atoms with Crippen molar-refractivity contribution in [3.05, 3.63) is 40.2 Å². The first-order valence-corrected chi connectivity index (χ1v) is 6.15. The Kier molecular flexibility index (Phi) is 3.48. The zero-order valence-corrected chi connectivity index (χ0v) is 11.5. The molecule has 5 heteroatoms. The van der Waals surface area contributed by atoms with Crippen molar-refractivity contribution in [1.29, 1.82) is 0 Å². The highest BCUT2D eigenvalue weighted by atomic mass is 35.5. The number of para-hydroxylation sites is 1. The van der Waals surface area contributed by atoms with Crippen molar-refractivity contribution in [3.8, 4) is 0 Å². The van der Waals surface area contributed by atoms with Gasteiger partial charge >= 0.3 is 0 Å². The van der Waals surface area contributed by atoms with Gasteiger partial charge in [0.1, 0.15) is 0 Å². The standard InChI is InChI=1S/C13H17ClN4/c1-8-10(9(2)18(3)17-8)7-16-13-11(14)5-4-6-12(13)15/h4-6,16H,7,15H2,1-3H3. The number of nitrogens with one attached hydrogen (secondary N) is 1. The largest absolute Gasteiger partial charge is 0.397 e. The number of nitrogens with zero attached hydrogens (tertiary/aromatic N) is 2. The zero-order valence-electron chi connectivity index (χ0n) is 10.8. The Hall–Kier alpha value is -1.68. The predicted octanol–water partition coefficient (Wildman–Crippen LogP) is 2.88. The molecule has 2 aromatic rings. The average molecular weight is 265 g/mol. The summed E-state index contributed by atoms with van der Waals surface area (Å²) in [5.41, 5.74) is 10.7. The molecule has 0 aliphatic rings. The number of hydrogen-bond acceptors (Lipinski definition) is 3. The van der Waals surface area contributed by atoms with Crippen molar-refractivity contribution in [1.82, 2.24) is 9.78 Å². The number of nitrogens with two attached hydrogens (primary N) is 1. The number of benzene rings is 1. The second-order valence-electron chi connectivity index (χ2n) is 4.33. The van der Waals surface area contributed by atoms with E-state index in [0.29, 0.717) is 17.3 Å². The van der Waals surface area contributed by atoms with Gasteiger partial charge in [0.05, 0.1) is 22.1 Å². The molecule has 0 aliphatic carbocycles. The summed E-state index contributed by atoms with van der Waals surface area (Å²) in [7, 11) is 1.94. The summed E-state index contributed by atoms with van der Waals surface area (Å²) in [6, 6.07) is 5.49. The SMILES string of the molecule is Cc1nn(C)c(C)c1CNc1c(N)cccc1Cl. The average Bonchev–Trinajstić information content (AvgIpc) is 2.54. The molecule has 4 nitrogen and oxygen atoms in total. The second kappa shape index (κ2) is 4.90. The molecule has 0 amide bonds. The molecule has 0 spiro atoms. The summed E-state index contributed by atoms with van der Waals surface area (Å²) in [5, 5.41) is 8.30. The van der Waals surface area contributed by atoms with Crippen molar-refractivity contribution in [2.75, 3.05) is 11.1 Å². The molecule has 1 aromatic heterocycles. The van der Waals surface area contributed by atoms with E-state index in [1.54, 1.807) is 0 Å². The topological polar surface area (TPSA) is 55.9 Å². The van der Waals surface area contributed by atoms with Gasteiger partial charge in [0.25, 0.3) is 0 Å². The van der Waals surface area contributed by atoms with Gasteiger partial charge < -0.3 is 11.1 Å². The van der Waals surface area contributed by atoms with Crippen molar-refractivity contribution < 1.29 is 0 Å². The molecule has 0 saturated heterocycles. The number of nitrogen functional groups attached to an aromatic ring is 1. The van der Waals surface area contributed by atoms with Gasteiger partial charge in [-0.25, -0.2) is 0 Å². The molecule has 18 heavy (non-hydrogen) atoms. The monoisotopic (exact) mass is 264 g/mol. The van der Waals surface area contributed by atoms with Crippen molar-refractivity contribution >= 4 is 23.0 Å². The molecule has 1 heterocycles. The third kappa shape index (κ3) is 2.29. The Balaban J connectivity index is 2.22. The van der Waals surface area contributed by atoms with E-state index in [1.165, 1.54) is 5.56 Å². The summed E-state index contributed by atoms with van der Waals surface area (Å²) in [5.74, 6) is 0. The first-order valence-electron chi connectivity index (χ1n) is 5.77. The lowest BCUT2D eigenvalue weighted by Crippen LogP contribution is -2.05. The van der Waals surface area contributed by atoms with Gasteiger partial charge in [0, 0.05) is 24.8 Å². The third-order valence-corrected chi connectivity index (χ3v) is 3.46. The van der Waals surface area contributed by atoms with Crippen LogP contribution in [0.15, 0.2) is 18.2 Å². The Labute approximate surface area is 112 Å². The first kappa shape index (κ1) is 12.8. The first-order chi connectivity index (χ1) is 8.50. The number of aromatic nitrogens is 2. The van der Waals surface area contributed by atoms with Crippen LogP contribution in [0, 0.1) is 13.8 Å². The second-order valence-corrected chi connectivity index (χ2v) is 4.74. The van der Waals surface area contributed by atoms with E-state index in [9.17, 15) is 0 Å². The Bertz CT molecular complexity index is 554. The maximum absolute atomic E-state index is 6.12. The maximum Gasteiger partial charge on any atom is 0.0765 e. The van der Waals surface area contributed by atoms with Gasteiger partial charge in [-0.1, -0.05) is 17.7 Å². The van der Waals surface area contributed by atoms with Crippen molar-refractivity contribution in [2.45, 2.75) is 20.4 Å². The summed E-state index contributed by atoms with van der Waals surface area (Å²) in [6.45, 7) is 4.71. The minimum absolute atomic E-state index is 0.634. The normalized spacial score (nSPS) is 10.7. The lowest BCUT2D eigenvalue weighted by atomic mass is 10.2. The molecule has 0 radical (unpaired) electrons. The van der Waals surface area contributed by atoms with E-state index in [-0.39, 0.29) is 0 Å². The molecule has 2 rings (SSSR count). The molecule has 3 N–H and O–H groups in total. The summed E-state index contributed by atoms with van der Waals surface area (Å²) in [4.78, 5) is 0. The highest BCUT2D eigenvalue weighted by Crippen LogP contribution is 2.28. The fraction of sp³-hybridized carbons (Fsp3) is 0.308. The lowest BCUT2D eigenvalue weighted by molar-refractivity contribution is 0.730. The number of halogens is 1. The molecule has 1 aromatic carbocycles. The van der Waals surface area contributed by atoms with Gasteiger partial charge in [0.15, 0.2) is 0 Å². The van der Waals surface area contributed by atoms with E-state index < -0.39 is 0 Å². The lowest BCUT2D eigenvalue weighted by Gasteiger charge is -2.11. The van der Waals surface area contributed by atoms with Crippen LogP contribution in [0.2, 0.25) is 5.02 Å². The summed E-state index contributed by atoms with van der Waals surface area (Å²) >= 11 is 6.12. The Morgan fingerprint density at radius 3 is 2.67 bits per heavy atom. The van der Waals surface area contributed by atoms with E-state index in [1.807, 2.05) is 43.8 Å². The van der Waals surface area contributed by atoms with Crippen LogP contribution in [-0.2, 0) is 13.6 Å². The molecular weight excluding hydrogens is 248 g/mol. The molecule has 0 fully saturated rings. The molecular formula is C13H17ClN4. The fourth-order valence-electron chi connectivity index (χ4n) is 1.98. The van der Waals surface area contributed by atoms with Crippen LogP contribution in [0.4, 0.5) is 11.4 Å². The van der Waals surface area contributed by atoms with Crippen LogP contribution in [0.1, 0.15) is 17.0 Å². The van der Waals surface area contributed by atoms with Crippen LogP contribution in [0.5, 0.6) is 0 Å². The van der Waals surface area contributed by atoms with Crippen molar-refractivity contribution in [2.24, 2.45) is 7.05 Å². The number of hydrogen-bond donors (Lipinski definition) is 2. The van der Waals surface area contributed by atoms with Crippen LogP contribution in [0.25, 0.3) is 0 Å². The highest BCUT2D eigenvalue weighted by Gasteiger charge is 2.10. The molecule has 0 atom stereocenters. The molecule has 0 bridgehead atoms. The Morgan fingerprint density at radius 1 is 1.39 bits per heavy atom. The number of aryl methyl sites for hydroxylation is 2. The van der Waals surface area contributed by atoms with Gasteiger partial charge in [-0.05, 0) is 26.0 Å². The van der Waals surface area contributed by atoms with Gasteiger partial charge in [-0.15, -0.1) is 0 Å². The molecule has 0 aliphatic heterocycles. The van der Waals surface area contributed by atoms with Crippen LogP contribution >= 0.6 is 11.6 Å². The summed E-state index contributed by atoms with van der Waals surface area (Å²) < 4.78 is 1.88. The smallest absolute Gasteiger partial charge is 0.0765 e. The quantitative estimate of drug-likeness (QED) is 0.838. The van der Waals surface area contributed by atoms with Gasteiger partial charge in [-0.3, -0.25) is 4.68 Å². The van der Waals surface area contributed by atoms with E-state index in [2.05, 4.69) is 10.4 Å². The fourth-order valence-corrected chi connectivity index (χ4v) is 2.23. The minimum atomic E-state index is 0.634. The molecule has 0 unspecified atom stereocenters. The number of rotatable bonds is 3. The van der Waals surface area contributed by atoms with Crippen molar-refractivity contribution in [3.63, 3.8) is 0 Å².